The van der Waals surface area contributed by atoms with Gasteiger partial charge in [-0.25, -0.2) is 4.99 Å². The maximum atomic E-state index is 5.83. The molecule has 0 bridgehead atoms. The summed E-state index contributed by atoms with van der Waals surface area (Å²) in [7, 11) is 3.27. The number of nitrogens with zero attached hydrogens (tertiary/aromatic N) is 1. The Balaban J connectivity index is 2.67. The lowest BCUT2D eigenvalue weighted by atomic mass is 10.2. The highest BCUT2D eigenvalue weighted by Crippen LogP contribution is 2.28. The lowest BCUT2D eigenvalue weighted by Gasteiger charge is -2.13. The minimum atomic E-state index is 0.119. The molecular formula is C15H25N3O3. The molecule has 0 saturated carbocycles. The average Bonchev–Trinajstić information content (AvgIpc) is 2.46. The predicted molar refractivity (Wildman–Crippen MR) is 84.0 cm³/mol. The highest BCUT2D eigenvalue weighted by molar-refractivity contribution is 5.78. The number of hydrogen-bond acceptors (Lipinski definition) is 4. The minimum absolute atomic E-state index is 0.119. The van der Waals surface area contributed by atoms with Crippen LogP contribution in [0.3, 0.4) is 0 Å². The molecule has 0 radical (unpaired) electrons. The van der Waals surface area contributed by atoms with Crippen molar-refractivity contribution < 1.29 is 14.2 Å². The van der Waals surface area contributed by atoms with Crippen LogP contribution in [-0.2, 0) is 11.3 Å². The van der Waals surface area contributed by atoms with Gasteiger partial charge in [0.25, 0.3) is 0 Å². The molecule has 0 spiro atoms. The summed E-state index contributed by atoms with van der Waals surface area (Å²) in [6, 6.07) is 5.84. The molecule has 0 heterocycles. The number of ether oxygens (including phenoxy) is 3. The van der Waals surface area contributed by atoms with Gasteiger partial charge in [-0.15, -0.1) is 0 Å². The van der Waals surface area contributed by atoms with Gasteiger partial charge >= 0.3 is 0 Å². The average molecular weight is 295 g/mol. The topological polar surface area (TPSA) is 78.1 Å². The maximum absolute atomic E-state index is 5.83. The number of methoxy groups -OCH3 is 2. The van der Waals surface area contributed by atoms with Crippen LogP contribution in [-0.4, -0.2) is 39.4 Å². The van der Waals surface area contributed by atoms with E-state index in [1.54, 1.807) is 14.2 Å². The number of rotatable bonds is 8. The summed E-state index contributed by atoms with van der Waals surface area (Å²) in [4.78, 5) is 4.30. The van der Waals surface area contributed by atoms with Gasteiger partial charge in [0, 0.05) is 13.2 Å². The summed E-state index contributed by atoms with van der Waals surface area (Å²) in [5.74, 6) is 1.82. The molecule has 1 unspecified atom stereocenters. The molecule has 0 fully saturated rings. The lowest BCUT2D eigenvalue weighted by Crippen LogP contribution is -2.40. The van der Waals surface area contributed by atoms with Crippen molar-refractivity contribution in [2.75, 3.05) is 27.4 Å². The number of aliphatic imine (C=N–C) groups is 1. The van der Waals surface area contributed by atoms with Crippen LogP contribution in [0.1, 0.15) is 19.4 Å². The van der Waals surface area contributed by atoms with Crippen molar-refractivity contribution in [3.8, 4) is 11.5 Å². The van der Waals surface area contributed by atoms with E-state index < -0.39 is 0 Å². The summed E-state index contributed by atoms with van der Waals surface area (Å²) in [5.41, 5.74) is 6.84. The van der Waals surface area contributed by atoms with Gasteiger partial charge in [-0.05, 0) is 31.5 Å². The Morgan fingerprint density at radius 1 is 1.33 bits per heavy atom. The number of nitrogens with two attached hydrogens (primary N) is 1. The van der Waals surface area contributed by atoms with Gasteiger partial charge < -0.3 is 25.3 Å². The highest BCUT2D eigenvalue weighted by Gasteiger charge is 2.06. The first kappa shape index (κ1) is 17.1. The van der Waals surface area contributed by atoms with Crippen molar-refractivity contribution in [3.63, 3.8) is 0 Å². The molecule has 6 heteroatoms. The summed E-state index contributed by atoms with van der Waals surface area (Å²) < 4.78 is 15.8. The first-order valence-electron chi connectivity index (χ1n) is 6.95. The van der Waals surface area contributed by atoms with Crippen molar-refractivity contribution in [1.82, 2.24) is 5.32 Å². The van der Waals surface area contributed by atoms with Gasteiger partial charge in [-0.2, -0.15) is 0 Å². The van der Waals surface area contributed by atoms with Crippen molar-refractivity contribution in [1.29, 1.82) is 0 Å². The zero-order valence-corrected chi connectivity index (χ0v) is 13.2. The SMILES string of the molecule is CCOc1cc(CN=C(N)NC(C)COC)ccc1OC. The largest absolute Gasteiger partial charge is 0.493 e. The third-order valence-corrected chi connectivity index (χ3v) is 2.77. The number of hydrogen-bond donors (Lipinski definition) is 2. The molecule has 1 atom stereocenters. The second-order valence-corrected chi connectivity index (χ2v) is 4.62. The molecule has 0 aliphatic rings. The fourth-order valence-corrected chi connectivity index (χ4v) is 1.85. The van der Waals surface area contributed by atoms with Crippen LogP contribution in [0.2, 0.25) is 0 Å². The molecule has 1 aromatic carbocycles. The third kappa shape index (κ3) is 5.91. The van der Waals surface area contributed by atoms with Gasteiger partial charge in [-0.1, -0.05) is 6.07 Å². The summed E-state index contributed by atoms with van der Waals surface area (Å²) in [5, 5.41) is 3.06. The second kappa shape index (κ2) is 9.07. The third-order valence-electron chi connectivity index (χ3n) is 2.77. The fraction of sp³-hybridized carbons (Fsp3) is 0.533. The minimum Gasteiger partial charge on any atom is -0.493 e. The van der Waals surface area contributed by atoms with Crippen LogP contribution < -0.4 is 20.5 Å². The summed E-state index contributed by atoms with van der Waals surface area (Å²) in [6.45, 7) is 5.55. The van der Waals surface area contributed by atoms with Crippen LogP contribution in [0.4, 0.5) is 0 Å². The Kier molecular flexibility index (Phi) is 7.39. The Bertz CT molecular complexity index is 463. The van der Waals surface area contributed by atoms with Crippen LogP contribution in [0.25, 0.3) is 0 Å². The van der Waals surface area contributed by atoms with E-state index in [2.05, 4.69) is 10.3 Å². The van der Waals surface area contributed by atoms with E-state index >= 15 is 0 Å². The molecule has 0 saturated heterocycles. The quantitative estimate of drug-likeness (QED) is 0.562. The van der Waals surface area contributed by atoms with E-state index in [1.807, 2.05) is 32.0 Å². The molecular weight excluding hydrogens is 270 g/mol. The first-order chi connectivity index (χ1) is 10.1. The normalized spacial score (nSPS) is 12.9. The molecule has 0 aliphatic carbocycles. The maximum Gasteiger partial charge on any atom is 0.189 e. The van der Waals surface area contributed by atoms with Crippen LogP contribution in [0.15, 0.2) is 23.2 Å². The summed E-state index contributed by atoms with van der Waals surface area (Å²) >= 11 is 0. The molecule has 1 aromatic rings. The van der Waals surface area contributed by atoms with Gasteiger partial charge in [0.1, 0.15) is 0 Å². The van der Waals surface area contributed by atoms with E-state index in [-0.39, 0.29) is 6.04 Å². The molecule has 0 aromatic heterocycles. The standard InChI is InChI=1S/C15H25N3O3/c1-5-21-14-8-12(6-7-13(14)20-4)9-17-15(16)18-11(2)10-19-3/h6-8,11H,5,9-10H2,1-4H3,(H3,16,17,18). The lowest BCUT2D eigenvalue weighted by molar-refractivity contribution is 0.179. The Labute approximate surface area is 126 Å². The number of nitrogens with one attached hydrogen (secondary N) is 1. The van der Waals surface area contributed by atoms with Crippen molar-refractivity contribution >= 4 is 5.96 Å². The molecule has 0 aliphatic heterocycles. The Morgan fingerprint density at radius 2 is 2.10 bits per heavy atom. The second-order valence-electron chi connectivity index (χ2n) is 4.62. The molecule has 1 rings (SSSR count). The van der Waals surface area contributed by atoms with Gasteiger partial charge in [0.2, 0.25) is 0 Å². The van der Waals surface area contributed by atoms with E-state index in [4.69, 9.17) is 19.9 Å². The molecule has 6 nitrogen and oxygen atoms in total. The van der Waals surface area contributed by atoms with Crippen molar-refractivity contribution in [3.05, 3.63) is 23.8 Å². The van der Waals surface area contributed by atoms with Gasteiger partial charge in [-0.3, -0.25) is 0 Å². The fourth-order valence-electron chi connectivity index (χ4n) is 1.85. The highest BCUT2D eigenvalue weighted by atomic mass is 16.5. The summed E-state index contributed by atoms with van der Waals surface area (Å²) in [6.07, 6.45) is 0. The molecule has 21 heavy (non-hydrogen) atoms. The van der Waals surface area contributed by atoms with Crippen LogP contribution in [0, 0.1) is 0 Å². The van der Waals surface area contributed by atoms with E-state index in [9.17, 15) is 0 Å². The molecule has 3 N–H and O–H groups in total. The van der Waals surface area contributed by atoms with Crippen LogP contribution in [0.5, 0.6) is 11.5 Å². The van der Waals surface area contributed by atoms with Crippen molar-refractivity contribution in [2.24, 2.45) is 10.7 Å². The van der Waals surface area contributed by atoms with Gasteiger partial charge in [0.15, 0.2) is 17.5 Å². The van der Waals surface area contributed by atoms with Crippen molar-refractivity contribution in [2.45, 2.75) is 26.4 Å². The Morgan fingerprint density at radius 3 is 2.71 bits per heavy atom. The smallest absolute Gasteiger partial charge is 0.189 e. The zero-order valence-electron chi connectivity index (χ0n) is 13.2. The molecule has 0 amide bonds. The zero-order chi connectivity index (χ0) is 15.7. The monoisotopic (exact) mass is 295 g/mol. The van der Waals surface area contributed by atoms with Crippen LogP contribution >= 0.6 is 0 Å². The van der Waals surface area contributed by atoms with E-state index in [1.165, 1.54) is 0 Å². The number of guanidine groups is 1. The Hall–Kier alpha value is -1.95. The van der Waals surface area contributed by atoms with Gasteiger partial charge in [0.05, 0.1) is 26.9 Å². The van der Waals surface area contributed by atoms with E-state index in [0.717, 1.165) is 5.56 Å². The first-order valence-corrected chi connectivity index (χ1v) is 6.95. The van der Waals surface area contributed by atoms with E-state index in [0.29, 0.717) is 37.2 Å². The predicted octanol–water partition coefficient (Wildman–Crippen LogP) is 1.53. The molecule has 118 valence electrons. The number of benzene rings is 1.